The van der Waals surface area contributed by atoms with Gasteiger partial charge in [-0.15, -0.1) is 6.42 Å². The lowest BCUT2D eigenvalue weighted by Crippen LogP contribution is -2.16. The van der Waals surface area contributed by atoms with Gasteiger partial charge in [-0.1, -0.05) is 17.3 Å². The highest BCUT2D eigenvalue weighted by molar-refractivity contribution is 7.92. The minimum absolute atomic E-state index is 0.0720. The van der Waals surface area contributed by atoms with E-state index < -0.39 is 21.7 Å². The lowest BCUT2D eigenvalue weighted by Gasteiger charge is -2.09. The number of anilines is 1. The summed E-state index contributed by atoms with van der Waals surface area (Å²) in [7, 11) is -2.32. The predicted octanol–water partition coefficient (Wildman–Crippen LogP) is 4.03. The molecular formula is C24H18FN3O4S2. The van der Waals surface area contributed by atoms with Crippen molar-refractivity contribution in [2.24, 2.45) is 4.99 Å². The van der Waals surface area contributed by atoms with Crippen molar-refractivity contribution in [2.45, 2.75) is 11.4 Å². The van der Waals surface area contributed by atoms with Crippen molar-refractivity contribution in [1.82, 2.24) is 4.57 Å². The maximum atomic E-state index is 13.6. The number of hydrogen-bond acceptors (Lipinski definition) is 5. The minimum atomic E-state index is -3.82. The Morgan fingerprint density at radius 3 is 2.50 bits per heavy atom. The molecule has 1 aromatic heterocycles. The zero-order valence-electron chi connectivity index (χ0n) is 17.9. The summed E-state index contributed by atoms with van der Waals surface area (Å²) >= 11 is 1.15. The summed E-state index contributed by atoms with van der Waals surface area (Å²) < 4.78 is 48.6. The van der Waals surface area contributed by atoms with Gasteiger partial charge in [0.1, 0.15) is 11.6 Å². The summed E-state index contributed by atoms with van der Waals surface area (Å²) in [6.07, 6.45) is 5.45. The van der Waals surface area contributed by atoms with E-state index in [4.69, 9.17) is 11.2 Å². The molecule has 4 aromatic rings. The third-order valence-electron chi connectivity index (χ3n) is 4.85. The van der Waals surface area contributed by atoms with E-state index in [-0.39, 0.29) is 22.7 Å². The van der Waals surface area contributed by atoms with E-state index in [2.05, 4.69) is 15.6 Å². The first-order chi connectivity index (χ1) is 16.3. The number of terminal acetylenes is 1. The van der Waals surface area contributed by atoms with Gasteiger partial charge in [-0.3, -0.25) is 9.52 Å². The van der Waals surface area contributed by atoms with Crippen LogP contribution in [0.1, 0.15) is 10.4 Å². The molecule has 0 saturated carbocycles. The van der Waals surface area contributed by atoms with Gasteiger partial charge in [0.05, 0.1) is 28.8 Å². The number of sulfonamides is 1. The number of amides is 1. The zero-order valence-corrected chi connectivity index (χ0v) is 19.5. The lowest BCUT2D eigenvalue weighted by atomic mass is 10.2. The average Bonchev–Trinajstić information content (AvgIpc) is 3.15. The molecule has 34 heavy (non-hydrogen) atoms. The number of methoxy groups -OCH3 is 1. The molecule has 7 nitrogen and oxygen atoms in total. The number of thiazole rings is 1. The molecule has 0 aliphatic rings. The van der Waals surface area contributed by atoms with E-state index in [1.807, 2.05) is 0 Å². The summed E-state index contributed by atoms with van der Waals surface area (Å²) in [5.74, 6) is 2.12. The number of carbonyl (C=O) groups is 1. The third kappa shape index (κ3) is 4.85. The molecule has 0 spiro atoms. The second-order valence-corrected chi connectivity index (χ2v) is 9.75. The van der Waals surface area contributed by atoms with Crippen LogP contribution in [0.2, 0.25) is 0 Å². The predicted molar refractivity (Wildman–Crippen MR) is 129 cm³/mol. The van der Waals surface area contributed by atoms with Gasteiger partial charge in [-0.25, -0.2) is 12.8 Å². The van der Waals surface area contributed by atoms with E-state index in [0.29, 0.717) is 20.8 Å². The molecule has 0 fully saturated rings. The Morgan fingerprint density at radius 1 is 1.15 bits per heavy atom. The van der Waals surface area contributed by atoms with Crippen LogP contribution < -0.4 is 14.3 Å². The van der Waals surface area contributed by atoms with Gasteiger partial charge in [0.2, 0.25) is 0 Å². The molecule has 1 heterocycles. The fourth-order valence-electron chi connectivity index (χ4n) is 3.18. The highest BCUT2D eigenvalue weighted by Crippen LogP contribution is 2.21. The van der Waals surface area contributed by atoms with Crippen LogP contribution in [0.4, 0.5) is 10.1 Å². The molecule has 0 radical (unpaired) electrons. The molecule has 10 heteroatoms. The normalized spacial score (nSPS) is 11.9. The summed E-state index contributed by atoms with van der Waals surface area (Å²) in [6, 6.07) is 16.1. The standard InChI is InChI=1S/C24H18FN3O4S2/c1-3-14-28-21-13-6-17(25)15-22(21)33-24(28)26-23(29)16-4-7-18(8-5-16)27-34(30,31)20-11-9-19(32-2)10-12-20/h1,4-13,15,27H,14H2,2H3. The maximum Gasteiger partial charge on any atom is 0.279 e. The van der Waals surface area contributed by atoms with Gasteiger partial charge in [0.15, 0.2) is 4.80 Å². The van der Waals surface area contributed by atoms with E-state index in [1.165, 1.54) is 55.6 Å². The fraction of sp³-hybridized carbons (Fsp3) is 0.0833. The molecule has 1 amide bonds. The Morgan fingerprint density at radius 2 is 1.85 bits per heavy atom. The molecule has 0 saturated heterocycles. The van der Waals surface area contributed by atoms with E-state index >= 15 is 0 Å². The fourth-order valence-corrected chi connectivity index (χ4v) is 5.29. The maximum absolute atomic E-state index is 13.6. The van der Waals surface area contributed by atoms with Crippen molar-refractivity contribution < 1.29 is 22.3 Å². The molecule has 0 aliphatic carbocycles. The molecule has 3 aromatic carbocycles. The first-order valence-corrected chi connectivity index (χ1v) is 12.2. The Bertz CT molecular complexity index is 1580. The van der Waals surface area contributed by atoms with Crippen LogP contribution in [0.3, 0.4) is 0 Å². The van der Waals surface area contributed by atoms with Crippen molar-refractivity contribution in [1.29, 1.82) is 0 Å². The van der Waals surface area contributed by atoms with Gasteiger partial charge in [0.25, 0.3) is 15.9 Å². The van der Waals surface area contributed by atoms with Crippen LogP contribution in [0, 0.1) is 18.2 Å². The average molecular weight is 496 g/mol. The van der Waals surface area contributed by atoms with Crippen molar-refractivity contribution in [3.63, 3.8) is 0 Å². The highest BCUT2D eigenvalue weighted by Gasteiger charge is 2.15. The largest absolute Gasteiger partial charge is 0.497 e. The van der Waals surface area contributed by atoms with Gasteiger partial charge in [0, 0.05) is 11.3 Å². The summed E-state index contributed by atoms with van der Waals surface area (Å²) in [4.78, 5) is 17.3. The van der Waals surface area contributed by atoms with Gasteiger partial charge >= 0.3 is 0 Å². The number of ether oxygens (including phenoxy) is 1. The van der Waals surface area contributed by atoms with Gasteiger partial charge in [-0.05, 0) is 66.7 Å². The monoisotopic (exact) mass is 495 g/mol. The van der Waals surface area contributed by atoms with Gasteiger partial charge in [-0.2, -0.15) is 4.99 Å². The zero-order chi connectivity index (χ0) is 24.3. The van der Waals surface area contributed by atoms with Crippen LogP contribution in [-0.4, -0.2) is 26.0 Å². The van der Waals surface area contributed by atoms with Gasteiger partial charge < -0.3 is 9.30 Å². The third-order valence-corrected chi connectivity index (χ3v) is 7.28. The molecular weight excluding hydrogens is 477 g/mol. The van der Waals surface area contributed by atoms with Crippen molar-refractivity contribution in [2.75, 3.05) is 11.8 Å². The number of rotatable bonds is 6. The second-order valence-electron chi connectivity index (χ2n) is 7.06. The number of nitrogens with one attached hydrogen (secondary N) is 1. The number of hydrogen-bond donors (Lipinski definition) is 1. The highest BCUT2D eigenvalue weighted by atomic mass is 32.2. The number of nitrogens with zero attached hydrogens (tertiary/aromatic N) is 2. The van der Waals surface area contributed by atoms with Crippen molar-refractivity contribution in [3.8, 4) is 18.1 Å². The number of benzene rings is 3. The molecule has 0 atom stereocenters. The molecule has 1 N–H and O–H groups in total. The summed E-state index contributed by atoms with van der Waals surface area (Å²) in [5, 5.41) is 0. The van der Waals surface area contributed by atoms with E-state index in [9.17, 15) is 17.6 Å². The molecule has 0 bridgehead atoms. The van der Waals surface area contributed by atoms with Crippen molar-refractivity contribution in [3.05, 3.63) is 82.9 Å². The van der Waals surface area contributed by atoms with Crippen LogP contribution >= 0.6 is 11.3 Å². The Labute approximate surface area is 199 Å². The number of aromatic nitrogens is 1. The summed E-state index contributed by atoms with van der Waals surface area (Å²) in [5.41, 5.74) is 1.22. The summed E-state index contributed by atoms with van der Waals surface area (Å²) in [6.45, 7) is 0.170. The first-order valence-electron chi connectivity index (χ1n) is 9.89. The van der Waals surface area contributed by atoms with Crippen LogP contribution in [0.5, 0.6) is 5.75 Å². The quantitative estimate of drug-likeness (QED) is 0.409. The number of fused-ring (bicyclic) bond motifs is 1. The van der Waals surface area contributed by atoms with E-state index in [1.54, 1.807) is 22.8 Å². The molecule has 172 valence electrons. The first kappa shape index (κ1) is 23.2. The van der Waals surface area contributed by atoms with Crippen LogP contribution in [0.15, 0.2) is 76.6 Å². The minimum Gasteiger partial charge on any atom is -0.497 e. The molecule has 4 rings (SSSR count). The smallest absolute Gasteiger partial charge is 0.279 e. The van der Waals surface area contributed by atoms with E-state index in [0.717, 1.165) is 11.3 Å². The topological polar surface area (TPSA) is 89.8 Å². The lowest BCUT2D eigenvalue weighted by molar-refractivity contribution is 0.0998. The second kappa shape index (κ2) is 9.51. The van der Waals surface area contributed by atoms with Crippen LogP contribution in [-0.2, 0) is 16.6 Å². The number of carbonyl (C=O) groups excluding carboxylic acids is 1. The Balaban J connectivity index is 1.58. The van der Waals surface area contributed by atoms with Crippen molar-refractivity contribution >= 4 is 43.2 Å². The Hall–Kier alpha value is -3.94. The molecule has 0 unspecified atom stereocenters. The SMILES string of the molecule is C#CCn1c(=NC(=O)c2ccc(NS(=O)(=O)c3ccc(OC)cc3)cc2)sc2cc(F)ccc21. The van der Waals surface area contributed by atoms with Crippen LogP contribution in [0.25, 0.3) is 10.2 Å². The number of halogens is 1. The molecule has 0 aliphatic heterocycles. The Kier molecular flexibility index (Phi) is 6.49.